The molecule has 0 aliphatic heterocycles. The summed E-state index contributed by atoms with van der Waals surface area (Å²) < 4.78 is 1.01. The first-order valence-corrected chi connectivity index (χ1v) is 6.82. The standard InChI is InChI=1S/C15H12INO2/c1-10(18)11-5-7-14(8-6-11)17-15(19)12-3-2-4-13(16)9-12/h2-9H,1H3,(H,17,19). The predicted molar refractivity (Wildman–Crippen MR) is 83.6 cm³/mol. The first-order chi connectivity index (χ1) is 9.06. The number of carbonyl (C=O) groups excluding carboxylic acids is 2. The molecule has 19 heavy (non-hydrogen) atoms. The Balaban J connectivity index is 2.13. The van der Waals surface area contributed by atoms with Crippen LogP contribution in [0.5, 0.6) is 0 Å². The number of rotatable bonds is 3. The van der Waals surface area contributed by atoms with Gasteiger partial charge in [0.1, 0.15) is 0 Å². The molecule has 1 N–H and O–H groups in total. The normalized spacial score (nSPS) is 10.0. The molecule has 2 aromatic rings. The highest BCUT2D eigenvalue weighted by molar-refractivity contribution is 14.1. The van der Waals surface area contributed by atoms with Gasteiger partial charge in [-0.05, 0) is 72.0 Å². The van der Waals surface area contributed by atoms with Crippen molar-refractivity contribution in [1.82, 2.24) is 0 Å². The van der Waals surface area contributed by atoms with E-state index in [1.165, 1.54) is 6.92 Å². The number of hydrogen-bond donors (Lipinski definition) is 1. The summed E-state index contributed by atoms with van der Waals surface area (Å²) in [5, 5.41) is 2.80. The number of amides is 1. The molecule has 0 radical (unpaired) electrons. The van der Waals surface area contributed by atoms with Crippen molar-refractivity contribution in [3.05, 3.63) is 63.2 Å². The fraction of sp³-hybridized carbons (Fsp3) is 0.0667. The van der Waals surface area contributed by atoms with Crippen molar-refractivity contribution in [3.63, 3.8) is 0 Å². The minimum absolute atomic E-state index is 0.00971. The summed E-state index contributed by atoms with van der Waals surface area (Å²) in [5.41, 5.74) is 1.92. The fourth-order valence-corrected chi connectivity index (χ4v) is 2.16. The highest BCUT2D eigenvalue weighted by atomic mass is 127. The smallest absolute Gasteiger partial charge is 0.255 e. The number of hydrogen-bond acceptors (Lipinski definition) is 2. The van der Waals surface area contributed by atoms with E-state index < -0.39 is 0 Å². The molecule has 0 unspecified atom stereocenters. The van der Waals surface area contributed by atoms with Crippen LogP contribution in [0.2, 0.25) is 0 Å². The van der Waals surface area contributed by atoms with Crippen molar-refractivity contribution in [2.24, 2.45) is 0 Å². The van der Waals surface area contributed by atoms with Crippen LogP contribution in [0.3, 0.4) is 0 Å². The van der Waals surface area contributed by atoms with E-state index in [0.29, 0.717) is 16.8 Å². The lowest BCUT2D eigenvalue weighted by Crippen LogP contribution is -2.12. The van der Waals surface area contributed by atoms with Gasteiger partial charge in [0, 0.05) is 20.4 Å². The Morgan fingerprint density at radius 1 is 1.00 bits per heavy atom. The monoisotopic (exact) mass is 365 g/mol. The topological polar surface area (TPSA) is 46.2 Å². The van der Waals surface area contributed by atoms with E-state index in [2.05, 4.69) is 27.9 Å². The first kappa shape index (κ1) is 13.7. The molecule has 0 saturated heterocycles. The highest BCUT2D eigenvalue weighted by Crippen LogP contribution is 2.13. The molecule has 4 heteroatoms. The van der Waals surface area contributed by atoms with Gasteiger partial charge in [0.15, 0.2) is 5.78 Å². The third-order valence-corrected chi connectivity index (χ3v) is 3.31. The van der Waals surface area contributed by atoms with Crippen LogP contribution in [-0.2, 0) is 0 Å². The summed E-state index contributed by atoms with van der Waals surface area (Å²) >= 11 is 2.16. The van der Waals surface area contributed by atoms with Crippen LogP contribution in [0.4, 0.5) is 5.69 Å². The molecular formula is C15H12INO2. The van der Waals surface area contributed by atoms with Gasteiger partial charge in [-0.2, -0.15) is 0 Å². The molecule has 1 amide bonds. The van der Waals surface area contributed by atoms with Gasteiger partial charge in [0.05, 0.1) is 0 Å². The largest absolute Gasteiger partial charge is 0.322 e. The Kier molecular flexibility index (Phi) is 4.31. The summed E-state index contributed by atoms with van der Waals surface area (Å²) in [6, 6.07) is 14.2. The van der Waals surface area contributed by atoms with Crippen molar-refractivity contribution in [3.8, 4) is 0 Å². The zero-order chi connectivity index (χ0) is 13.8. The van der Waals surface area contributed by atoms with Crippen LogP contribution in [0.15, 0.2) is 48.5 Å². The average molecular weight is 365 g/mol. The number of halogens is 1. The Labute approximate surface area is 125 Å². The Bertz CT molecular complexity index is 620. The molecular weight excluding hydrogens is 353 g/mol. The second-order valence-electron chi connectivity index (χ2n) is 4.10. The van der Waals surface area contributed by atoms with Crippen LogP contribution in [0, 0.1) is 3.57 Å². The molecule has 0 atom stereocenters. The van der Waals surface area contributed by atoms with Gasteiger partial charge in [-0.25, -0.2) is 0 Å². The van der Waals surface area contributed by atoms with Gasteiger partial charge in [-0.15, -0.1) is 0 Å². The molecule has 3 nitrogen and oxygen atoms in total. The van der Waals surface area contributed by atoms with E-state index in [0.717, 1.165) is 3.57 Å². The minimum atomic E-state index is -0.158. The van der Waals surface area contributed by atoms with E-state index in [1.807, 2.05) is 18.2 Å². The van der Waals surface area contributed by atoms with Crippen LogP contribution < -0.4 is 5.32 Å². The number of Topliss-reactive ketones (excluding diaryl/α,β-unsaturated/α-hetero) is 1. The lowest BCUT2D eigenvalue weighted by molar-refractivity contribution is 0.101. The zero-order valence-electron chi connectivity index (χ0n) is 10.3. The molecule has 2 rings (SSSR count). The molecule has 0 spiro atoms. The summed E-state index contributed by atoms with van der Waals surface area (Å²) in [6.07, 6.45) is 0. The lowest BCUT2D eigenvalue weighted by atomic mass is 10.1. The van der Waals surface area contributed by atoms with Crippen LogP contribution in [0.25, 0.3) is 0 Å². The van der Waals surface area contributed by atoms with Gasteiger partial charge in [-0.3, -0.25) is 9.59 Å². The number of carbonyl (C=O) groups is 2. The predicted octanol–water partition coefficient (Wildman–Crippen LogP) is 3.75. The summed E-state index contributed by atoms with van der Waals surface area (Å²) in [7, 11) is 0. The Morgan fingerprint density at radius 2 is 1.68 bits per heavy atom. The third kappa shape index (κ3) is 3.64. The van der Waals surface area contributed by atoms with Gasteiger partial charge >= 0.3 is 0 Å². The Hall–Kier alpha value is -1.69. The molecule has 0 aliphatic carbocycles. The van der Waals surface area contributed by atoms with E-state index in [4.69, 9.17) is 0 Å². The molecule has 96 valence electrons. The maximum atomic E-state index is 12.0. The van der Waals surface area contributed by atoms with Crippen LogP contribution >= 0.6 is 22.6 Å². The molecule has 2 aromatic carbocycles. The number of ketones is 1. The molecule has 0 aromatic heterocycles. The average Bonchev–Trinajstić information content (AvgIpc) is 2.39. The van der Waals surface area contributed by atoms with Crippen molar-refractivity contribution >= 4 is 40.0 Å². The second kappa shape index (κ2) is 5.97. The fourth-order valence-electron chi connectivity index (χ4n) is 1.62. The first-order valence-electron chi connectivity index (χ1n) is 5.74. The second-order valence-corrected chi connectivity index (χ2v) is 5.34. The molecule has 0 heterocycles. The maximum absolute atomic E-state index is 12.0. The summed E-state index contributed by atoms with van der Waals surface area (Å²) in [4.78, 5) is 23.2. The van der Waals surface area contributed by atoms with Crippen LogP contribution in [-0.4, -0.2) is 11.7 Å². The van der Waals surface area contributed by atoms with E-state index >= 15 is 0 Å². The van der Waals surface area contributed by atoms with Crippen molar-refractivity contribution in [1.29, 1.82) is 0 Å². The molecule has 0 bridgehead atoms. The molecule has 0 saturated carbocycles. The van der Waals surface area contributed by atoms with Crippen LogP contribution in [0.1, 0.15) is 27.6 Å². The van der Waals surface area contributed by atoms with Crippen molar-refractivity contribution < 1.29 is 9.59 Å². The van der Waals surface area contributed by atoms with Gasteiger partial charge < -0.3 is 5.32 Å². The van der Waals surface area contributed by atoms with E-state index in [1.54, 1.807) is 30.3 Å². The Morgan fingerprint density at radius 3 is 2.26 bits per heavy atom. The number of benzene rings is 2. The third-order valence-electron chi connectivity index (χ3n) is 2.64. The number of nitrogens with one attached hydrogen (secondary N) is 1. The zero-order valence-corrected chi connectivity index (χ0v) is 12.5. The number of anilines is 1. The lowest BCUT2D eigenvalue weighted by Gasteiger charge is -2.06. The maximum Gasteiger partial charge on any atom is 0.255 e. The van der Waals surface area contributed by atoms with E-state index in [9.17, 15) is 9.59 Å². The van der Waals surface area contributed by atoms with Gasteiger partial charge in [0.2, 0.25) is 0 Å². The quantitative estimate of drug-likeness (QED) is 0.665. The molecule has 0 fully saturated rings. The SMILES string of the molecule is CC(=O)c1ccc(NC(=O)c2cccc(I)c2)cc1. The minimum Gasteiger partial charge on any atom is -0.322 e. The van der Waals surface area contributed by atoms with Gasteiger partial charge in [0.25, 0.3) is 5.91 Å². The van der Waals surface area contributed by atoms with Crippen molar-refractivity contribution in [2.45, 2.75) is 6.92 Å². The van der Waals surface area contributed by atoms with E-state index in [-0.39, 0.29) is 11.7 Å². The molecule has 0 aliphatic rings. The van der Waals surface area contributed by atoms with Gasteiger partial charge in [-0.1, -0.05) is 6.07 Å². The highest BCUT2D eigenvalue weighted by Gasteiger charge is 2.06. The summed E-state index contributed by atoms with van der Waals surface area (Å²) in [6.45, 7) is 1.51. The summed E-state index contributed by atoms with van der Waals surface area (Å²) in [5.74, 6) is -0.149. The van der Waals surface area contributed by atoms with Crippen molar-refractivity contribution in [2.75, 3.05) is 5.32 Å².